The van der Waals surface area contributed by atoms with Crippen molar-refractivity contribution in [3.8, 4) is 17.2 Å². The maximum absolute atomic E-state index is 12.4. The van der Waals surface area contributed by atoms with Gasteiger partial charge in [0, 0.05) is 12.1 Å². The van der Waals surface area contributed by atoms with Crippen molar-refractivity contribution >= 4 is 27.3 Å². The van der Waals surface area contributed by atoms with Gasteiger partial charge in [0.05, 0.1) is 29.8 Å². The minimum absolute atomic E-state index is 0.328. The zero-order chi connectivity index (χ0) is 21.3. The first-order chi connectivity index (χ1) is 14.4. The molecule has 2 aromatic carbocycles. The number of benzene rings is 2. The van der Waals surface area contributed by atoms with Crippen LogP contribution in [-0.4, -0.2) is 30.5 Å². The number of nitrogens with one attached hydrogen (secondary N) is 1. The largest absolute Gasteiger partial charge is 0.364 e. The number of anilines is 1. The number of aromatic nitrogens is 1. The lowest BCUT2D eigenvalue weighted by Crippen LogP contribution is -2.42. The van der Waals surface area contributed by atoms with Crippen LogP contribution >= 0.6 is 11.6 Å². The molecule has 6 nitrogen and oxygen atoms in total. The van der Waals surface area contributed by atoms with Gasteiger partial charge in [0.15, 0.2) is 0 Å². The van der Waals surface area contributed by atoms with Crippen molar-refractivity contribution in [2.24, 2.45) is 0 Å². The van der Waals surface area contributed by atoms with E-state index < -0.39 is 16.2 Å². The van der Waals surface area contributed by atoms with Crippen molar-refractivity contribution in [3.63, 3.8) is 0 Å². The van der Waals surface area contributed by atoms with Gasteiger partial charge in [0.25, 0.3) is 0 Å². The third-order valence-electron chi connectivity index (χ3n) is 5.13. The molecule has 4 rings (SSSR count). The molecule has 0 radical (unpaired) electrons. The van der Waals surface area contributed by atoms with E-state index in [9.17, 15) is 8.42 Å². The molecule has 8 heteroatoms. The minimum Gasteiger partial charge on any atom is -0.364 e. The Morgan fingerprint density at radius 1 is 1.20 bits per heavy atom. The fourth-order valence-electron chi connectivity index (χ4n) is 3.66. The normalized spacial score (nSPS) is 16.5. The molecule has 1 aliphatic heterocycles. The highest BCUT2D eigenvalue weighted by Gasteiger charge is 2.33. The van der Waals surface area contributed by atoms with Crippen molar-refractivity contribution in [3.05, 3.63) is 82.6 Å². The Morgan fingerprint density at radius 2 is 1.93 bits per heavy atom. The molecule has 1 aliphatic rings. The predicted octanol–water partition coefficient (Wildman–Crippen LogP) is 4.20. The van der Waals surface area contributed by atoms with E-state index in [1.165, 1.54) is 10.6 Å². The van der Waals surface area contributed by atoms with Gasteiger partial charge >= 0.3 is 0 Å². The van der Waals surface area contributed by atoms with Crippen molar-refractivity contribution < 1.29 is 8.42 Å². The first kappa shape index (κ1) is 20.4. The standard InChI is InChI=1S/C22H19ClN4O2S/c1-30(28,29)27-11-10-16-4-2-3-5-19(16)22(27)26-18-12-20(21(23)25-14-18)17-8-6-15(13-24)7-9-17/h2-9,12,14,22,26H,10-11H2,1H3. The van der Waals surface area contributed by atoms with Gasteiger partial charge in [-0.15, -0.1) is 0 Å². The smallest absolute Gasteiger partial charge is 0.213 e. The number of hydrogen-bond acceptors (Lipinski definition) is 5. The van der Waals surface area contributed by atoms with Crippen LogP contribution in [0.4, 0.5) is 5.69 Å². The SMILES string of the molecule is CS(=O)(=O)N1CCc2ccccc2C1Nc1cnc(Cl)c(-c2ccc(C#N)cc2)c1. The maximum atomic E-state index is 12.4. The third-order valence-corrected chi connectivity index (χ3v) is 6.68. The molecule has 0 aliphatic carbocycles. The van der Waals surface area contributed by atoms with Crippen LogP contribution in [0, 0.1) is 11.3 Å². The van der Waals surface area contributed by atoms with Gasteiger partial charge in [0.2, 0.25) is 10.0 Å². The van der Waals surface area contributed by atoms with Crippen molar-refractivity contribution in [1.29, 1.82) is 5.26 Å². The van der Waals surface area contributed by atoms with Gasteiger partial charge in [-0.2, -0.15) is 9.57 Å². The second-order valence-corrected chi connectivity index (χ2v) is 9.41. The summed E-state index contributed by atoms with van der Waals surface area (Å²) >= 11 is 6.32. The Morgan fingerprint density at radius 3 is 2.63 bits per heavy atom. The number of halogens is 1. The van der Waals surface area contributed by atoms with E-state index in [2.05, 4.69) is 16.4 Å². The van der Waals surface area contributed by atoms with Gasteiger partial charge in [0.1, 0.15) is 11.3 Å². The Labute approximate surface area is 180 Å². The monoisotopic (exact) mass is 438 g/mol. The molecule has 3 aromatic rings. The summed E-state index contributed by atoms with van der Waals surface area (Å²) in [7, 11) is -3.42. The van der Waals surface area contributed by atoms with E-state index in [0.717, 1.165) is 16.7 Å². The Hall–Kier alpha value is -2.92. The number of pyridine rings is 1. The molecule has 1 aromatic heterocycles. The van der Waals surface area contributed by atoms with Crippen LogP contribution in [0.2, 0.25) is 5.15 Å². The average molecular weight is 439 g/mol. The molecule has 0 fully saturated rings. The van der Waals surface area contributed by atoms with E-state index in [0.29, 0.717) is 34.9 Å². The average Bonchev–Trinajstić information content (AvgIpc) is 2.74. The number of fused-ring (bicyclic) bond motifs is 1. The third kappa shape index (κ3) is 4.03. The van der Waals surface area contributed by atoms with E-state index in [4.69, 9.17) is 16.9 Å². The molecule has 2 heterocycles. The van der Waals surface area contributed by atoms with Crippen LogP contribution in [0.25, 0.3) is 11.1 Å². The molecule has 1 unspecified atom stereocenters. The molecule has 1 N–H and O–H groups in total. The Balaban J connectivity index is 1.73. The quantitative estimate of drug-likeness (QED) is 0.617. The first-order valence-electron chi connectivity index (χ1n) is 9.34. The topological polar surface area (TPSA) is 86.1 Å². The van der Waals surface area contributed by atoms with Crippen LogP contribution in [0.3, 0.4) is 0 Å². The van der Waals surface area contributed by atoms with Crippen molar-refractivity contribution in [2.45, 2.75) is 12.6 Å². The summed E-state index contributed by atoms with van der Waals surface area (Å²) in [6.07, 6.45) is 2.93. The molecule has 152 valence electrons. The molecule has 30 heavy (non-hydrogen) atoms. The van der Waals surface area contributed by atoms with Crippen LogP contribution in [0.5, 0.6) is 0 Å². The van der Waals surface area contributed by atoms with E-state index in [-0.39, 0.29) is 0 Å². The lowest BCUT2D eigenvalue weighted by molar-refractivity contribution is 0.336. The summed E-state index contributed by atoms with van der Waals surface area (Å²) in [5, 5.41) is 12.7. The summed E-state index contributed by atoms with van der Waals surface area (Å²) in [6, 6.07) is 18.8. The zero-order valence-corrected chi connectivity index (χ0v) is 17.8. The zero-order valence-electron chi connectivity index (χ0n) is 16.2. The number of nitrogens with zero attached hydrogens (tertiary/aromatic N) is 3. The number of hydrogen-bond donors (Lipinski definition) is 1. The van der Waals surface area contributed by atoms with Crippen LogP contribution in [-0.2, 0) is 16.4 Å². The van der Waals surface area contributed by atoms with Gasteiger partial charge in [-0.25, -0.2) is 13.4 Å². The van der Waals surface area contributed by atoms with Gasteiger partial charge < -0.3 is 5.32 Å². The van der Waals surface area contributed by atoms with Crippen molar-refractivity contribution in [2.75, 3.05) is 18.1 Å². The fourth-order valence-corrected chi connectivity index (χ4v) is 4.85. The highest BCUT2D eigenvalue weighted by molar-refractivity contribution is 7.88. The summed E-state index contributed by atoms with van der Waals surface area (Å²) in [5.74, 6) is 0. The summed E-state index contributed by atoms with van der Waals surface area (Å²) < 4.78 is 26.3. The molecular weight excluding hydrogens is 420 g/mol. The number of sulfonamides is 1. The lowest BCUT2D eigenvalue weighted by Gasteiger charge is -2.36. The highest BCUT2D eigenvalue weighted by atomic mass is 35.5. The molecular formula is C22H19ClN4O2S. The van der Waals surface area contributed by atoms with Gasteiger partial charge in [-0.05, 0) is 41.3 Å². The minimum atomic E-state index is -3.42. The Kier molecular flexibility index (Phi) is 5.48. The number of nitriles is 1. The van der Waals surface area contributed by atoms with Crippen LogP contribution in [0.15, 0.2) is 60.8 Å². The molecule has 1 atom stereocenters. The summed E-state index contributed by atoms with van der Waals surface area (Å²) in [5.41, 5.74) is 4.75. The number of rotatable bonds is 4. The van der Waals surface area contributed by atoms with Crippen LogP contribution < -0.4 is 5.32 Å². The molecule has 0 spiro atoms. The van der Waals surface area contributed by atoms with Crippen LogP contribution in [0.1, 0.15) is 22.9 Å². The Bertz CT molecular complexity index is 1240. The summed E-state index contributed by atoms with van der Waals surface area (Å²) in [6.45, 7) is 0.400. The second-order valence-electron chi connectivity index (χ2n) is 7.12. The van der Waals surface area contributed by atoms with Crippen molar-refractivity contribution in [1.82, 2.24) is 9.29 Å². The van der Waals surface area contributed by atoms with Gasteiger partial charge in [-0.1, -0.05) is 48.0 Å². The molecule has 0 bridgehead atoms. The molecule has 0 saturated heterocycles. The van der Waals surface area contributed by atoms with E-state index in [1.54, 1.807) is 18.3 Å². The van der Waals surface area contributed by atoms with Gasteiger partial charge in [-0.3, -0.25) is 0 Å². The second kappa shape index (κ2) is 8.07. The van der Waals surface area contributed by atoms with E-state index in [1.807, 2.05) is 42.5 Å². The molecule has 0 saturated carbocycles. The highest BCUT2D eigenvalue weighted by Crippen LogP contribution is 2.34. The maximum Gasteiger partial charge on any atom is 0.213 e. The summed E-state index contributed by atoms with van der Waals surface area (Å²) in [4.78, 5) is 4.28. The fraction of sp³-hybridized carbons (Fsp3) is 0.182. The lowest BCUT2D eigenvalue weighted by atomic mass is 9.98. The predicted molar refractivity (Wildman–Crippen MR) is 117 cm³/mol. The molecule has 0 amide bonds. The first-order valence-corrected chi connectivity index (χ1v) is 11.6. The van der Waals surface area contributed by atoms with E-state index >= 15 is 0 Å².